The van der Waals surface area contributed by atoms with Crippen molar-refractivity contribution in [3.05, 3.63) is 45.7 Å². The Morgan fingerprint density at radius 3 is 2.80 bits per heavy atom. The maximum Gasteiger partial charge on any atom is 0.142 e. The van der Waals surface area contributed by atoms with Crippen LogP contribution in [0, 0.1) is 0 Å². The molecule has 108 valence electrons. The third-order valence-electron chi connectivity index (χ3n) is 3.06. The van der Waals surface area contributed by atoms with Crippen molar-refractivity contribution >= 4 is 27.5 Å². The number of hydrogen-bond donors (Lipinski definition) is 1. The highest BCUT2D eigenvalue weighted by molar-refractivity contribution is 9.10. The molecule has 0 saturated heterocycles. The first-order chi connectivity index (χ1) is 9.51. The van der Waals surface area contributed by atoms with Gasteiger partial charge in [-0.3, -0.25) is 4.68 Å². The van der Waals surface area contributed by atoms with Crippen molar-refractivity contribution in [3.63, 3.8) is 0 Å². The molecule has 0 aliphatic rings. The molecule has 0 saturated carbocycles. The maximum absolute atomic E-state index is 6.18. The summed E-state index contributed by atoms with van der Waals surface area (Å²) >= 11 is 9.39. The molecule has 4 nitrogen and oxygen atoms in total. The van der Waals surface area contributed by atoms with E-state index in [9.17, 15) is 0 Å². The highest BCUT2D eigenvalue weighted by atomic mass is 79.9. The first-order valence-corrected chi connectivity index (χ1v) is 7.54. The second-order valence-electron chi connectivity index (χ2n) is 4.63. The molecule has 2 rings (SSSR count). The summed E-state index contributed by atoms with van der Waals surface area (Å²) in [7, 11) is 1.87. The van der Waals surface area contributed by atoms with Crippen molar-refractivity contribution in [2.45, 2.75) is 25.5 Å². The number of aryl methyl sites for hydroxylation is 1. The Bertz CT molecular complexity index is 588. The summed E-state index contributed by atoms with van der Waals surface area (Å²) in [6.45, 7) is 2.04. The number of hydrogen-bond acceptors (Lipinski definition) is 3. The summed E-state index contributed by atoms with van der Waals surface area (Å²) in [6.07, 6.45) is 4.27. The lowest BCUT2D eigenvalue weighted by Crippen LogP contribution is -2.31. The minimum atomic E-state index is -0.244. The van der Waals surface area contributed by atoms with E-state index in [1.807, 2.05) is 26.2 Å². The lowest BCUT2D eigenvalue weighted by atomic mass is 10.0. The van der Waals surface area contributed by atoms with E-state index < -0.39 is 0 Å². The smallest absolute Gasteiger partial charge is 0.142 e. The van der Waals surface area contributed by atoms with Crippen LogP contribution in [-0.2, 0) is 7.05 Å². The fraction of sp³-hybridized carbons (Fsp3) is 0.357. The Morgan fingerprint density at radius 1 is 1.50 bits per heavy atom. The van der Waals surface area contributed by atoms with Gasteiger partial charge in [-0.15, -0.1) is 0 Å². The first kappa shape index (κ1) is 15.4. The van der Waals surface area contributed by atoms with E-state index in [0.717, 1.165) is 16.5 Å². The lowest BCUT2D eigenvalue weighted by Gasteiger charge is -2.24. The van der Waals surface area contributed by atoms with E-state index >= 15 is 0 Å². The predicted octanol–water partition coefficient (Wildman–Crippen LogP) is 3.69. The van der Waals surface area contributed by atoms with E-state index in [1.165, 1.54) is 0 Å². The minimum absolute atomic E-state index is 0.109. The van der Waals surface area contributed by atoms with E-state index in [-0.39, 0.29) is 12.1 Å². The second-order valence-corrected chi connectivity index (χ2v) is 5.92. The molecule has 0 spiro atoms. The molecule has 1 aromatic heterocycles. The Morgan fingerprint density at radius 2 is 2.25 bits per heavy atom. The number of benzene rings is 1. The molecule has 0 amide bonds. The van der Waals surface area contributed by atoms with Gasteiger partial charge in [0, 0.05) is 29.9 Å². The largest absolute Gasteiger partial charge is 0.483 e. The van der Waals surface area contributed by atoms with Gasteiger partial charge in [0.2, 0.25) is 0 Å². The van der Waals surface area contributed by atoms with E-state index in [4.69, 9.17) is 22.1 Å². The Hall–Kier alpha value is -1.04. The van der Waals surface area contributed by atoms with E-state index in [2.05, 4.69) is 21.0 Å². The Kier molecular flexibility index (Phi) is 5.07. The zero-order chi connectivity index (χ0) is 14.7. The normalized spacial score (nSPS) is 14.1. The predicted molar refractivity (Wildman–Crippen MR) is 84.0 cm³/mol. The minimum Gasteiger partial charge on any atom is -0.483 e. The SMILES string of the molecule is CCC(N)C(Oc1ccc(Cl)cc1Br)c1cnn(C)c1. The van der Waals surface area contributed by atoms with Crippen LogP contribution >= 0.6 is 27.5 Å². The molecule has 20 heavy (non-hydrogen) atoms. The van der Waals surface area contributed by atoms with Crippen molar-refractivity contribution in [2.75, 3.05) is 0 Å². The third-order valence-corrected chi connectivity index (χ3v) is 3.92. The molecule has 2 N–H and O–H groups in total. The molecular formula is C14H17BrClN3O. The van der Waals surface area contributed by atoms with Crippen molar-refractivity contribution < 1.29 is 4.74 Å². The molecule has 2 unspecified atom stereocenters. The molecule has 0 aliphatic carbocycles. The summed E-state index contributed by atoms with van der Waals surface area (Å²) in [5, 5.41) is 4.84. The molecular weight excluding hydrogens is 342 g/mol. The second kappa shape index (κ2) is 6.61. The number of nitrogens with zero attached hydrogens (tertiary/aromatic N) is 2. The van der Waals surface area contributed by atoms with E-state index in [0.29, 0.717) is 10.8 Å². The number of ether oxygens (including phenoxy) is 1. The van der Waals surface area contributed by atoms with Crippen LogP contribution in [0.1, 0.15) is 25.0 Å². The van der Waals surface area contributed by atoms with Gasteiger partial charge in [0.15, 0.2) is 0 Å². The first-order valence-electron chi connectivity index (χ1n) is 6.37. The highest BCUT2D eigenvalue weighted by Crippen LogP contribution is 2.32. The number of halogens is 2. The van der Waals surface area contributed by atoms with Crippen molar-refractivity contribution in [2.24, 2.45) is 12.8 Å². The van der Waals surface area contributed by atoms with Gasteiger partial charge in [-0.25, -0.2) is 0 Å². The van der Waals surface area contributed by atoms with Gasteiger partial charge in [0.05, 0.1) is 10.7 Å². The summed E-state index contributed by atoms with van der Waals surface area (Å²) < 4.78 is 8.62. The molecule has 0 fully saturated rings. The standard InChI is InChI=1S/C14H17BrClN3O/c1-3-12(17)14(9-7-18-19(2)8-9)20-13-5-4-10(16)6-11(13)15/h4-8,12,14H,3,17H2,1-2H3. The van der Waals surface area contributed by atoms with Crippen LogP contribution < -0.4 is 10.5 Å². The number of rotatable bonds is 5. The van der Waals surface area contributed by atoms with Crippen molar-refractivity contribution in [1.82, 2.24) is 9.78 Å². The molecule has 0 radical (unpaired) electrons. The van der Waals surface area contributed by atoms with Crippen LogP contribution in [0.25, 0.3) is 0 Å². The van der Waals surface area contributed by atoms with Gasteiger partial charge in [-0.05, 0) is 40.5 Å². The average molecular weight is 359 g/mol. The zero-order valence-corrected chi connectivity index (χ0v) is 13.7. The summed E-state index contributed by atoms with van der Waals surface area (Å²) in [6, 6.07) is 5.31. The molecule has 0 aliphatic heterocycles. The molecule has 2 atom stereocenters. The van der Waals surface area contributed by atoms with Crippen LogP contribution in [0.5, 0.6) is 5.75 Å². The molecule has 2 aromatic rings. The van der Waals surface area contributed by atoms with Crippen molar-refractivity contribution in [1.29, 1.82) is 0 Å². The summed E-state index contributed by atoms with van der Waals surface area (Å²) in [5.41, 5.74) is 7.14. The Balaban J connectivity index is 2.28. The molecule has 0 bridgehead atoms. The van der Waals surface area contributed by atoms with E-state index in [1.54, 1.807) is 23.0 Å². The van der Waals surface area contributed by atoms with Crippen molar-refractivity contribution in [3.8, 4) is 5.75 Å². The highest BCUT2D eigenvalue weighted by Gasteiger charge is 2.23. The number of nitrogens with two attached hydrogens (primary N) is 1. The van der Waals surface area contributed by atoms with Crippen LogP contribution in [0.3, 0.4) is 0 Å². The van der Waals surface area contributed by atoms with Gasteiger partial charge < -0.3 is 10.5 Å². The van der Waals surface area contributed by atoms with Crippen LogP contribution in [0.4, 0.5) is 0 Å². The zero-order valence-electron chi connectivity index (χ0n) is 11.4. The third kappa shape index (κ3) is 3.53. The monoisotopic (exact) mass is 357 g/mol. The van der Waals surface area contributed by atoms with Crippen LogP contribution in [-0.4, -0.2) is 15.8 Å². The fourth-order valence-corrected chi connectivity index (χ4v) is 2.69. The van der Waals surface area contributed by atoms with Crippen LogP contribution in [0.15, 0.2) is 35.1 Å². The fourth-order valence-electron chi connectivity index (χ4n) is 1.91. The average Bonchev–Trinajstić information content (AvgIpc) is 2.83. The summed E-state index contributed by atoms with van der Waals surface area (Å²) in [5.74, 6) is 0.715. The van der Waals surface area contributed by atoms with Gasteiger partial charge in [0.1, 0.15) is 11.9 Å². The maximum atomic E-state index is 6.18. The lowest BCUT2D eigenvalue weighted by molar-refractivity contribution is 0.170. The van der Waals surface area contributed by atoms with Gasteiger partial charge in [-0.1, -0.05) is 18.5 Å². The van der Waals surface area contributed by atoms with Crippen LogP contribution in [0.2, 0.25) is 5.02 Å². The topological polar surface area (TPSA) is 53.1 Å². The molecule has 1 heterocycles. The quantitative estimate of drug-likeness (QED) is 0.887. The molecule has 1 aromatic carbocycles. The van der Waals surface area contributed by atoms with Gasteiger partial charge in [0.25, 0.3) is 0 Å². The van der Waals surface area contributed by atoms with Gasteiger partial charge >= 0.3 is 0 Å². The summed E-state index contributed by atoms with van der Waals surface area (Å²) in [4.78, 5) is 0. The number of aromatic nitrogens is 2. The van der Waals surface area contributed by atoms with Gasteiger partial charge in [-0.2, -0.15) is 5.10 Å². The molecule has 6 heteroatoms. The Labute approximate surface area is 132 Å².